The molecule has 0 saturated carbocycles. The van der Waals surface area contributed by atoms with E-state index in [2.05, 4.69) is 23.7 Å². The number of likely N-dealkylation sites (tertiary alicyclic amines) is 1. The van der Waals surface area contributed by atoms with Crippen molar-refractivity contribution >= 4 is 5.78 Å². The number of rotatable bonds is 2. The van der Waals surface area contributed by atoms with Gasteiger partial charge in [-0.2, -0.15) is 0 Å². The molecule has 1 aromatic carbocycles. The number of hydrogen-bond donors (Lipinski definition) is 0. The monoisotopic (exact) mass is 241 g/mol. The van der Waals surface area contributed by atoms with E-state index in [0.717, 1.165) is 31.6 Å². The molecule has 0 N–H and O–H groups in total. The number of ketones is 1. The Kier molecular flexibility index (Phi) is 4.55. The van der Waals surface area contributed by atoms with Crippen LogP contribution in [0.5, 0.6) is 0 Å². The highest BCUT2D eigenvalue weighted by Gasteiger charge is 2.24. The summed E-state index contributed by atoms with van der Waals surface area (Å²) in [5, 5.41) is 0. The van der Waals surface area contributed by atoms with E-state index in [1.54, 1.807) is 0 Å². The minimum Gasteiger partial charge on any atom is -0.299 e. The maximum absolute atomic E-state index is 11.6. The summed E-state index contributed by atoms with van der Waals surface area (Å²) < 4.78 is 0. The van der Waals surface area contributed by atoms with Gasteiger partial charge in [0, 0.05) is 31.0 Å². The van der Waals surface area contributed by atoms with Gasteiger partial charge in [0.15, 0.2) is 0 Å². The number of hydrogen-bond acceptors (Lipinski definition) is 2. The first-order valence-electron chi connectivity index (χ1n) is 6.58. The normalized spacial score (nSPS) is 20.3. The molecule has 2 heteroatoms. The number of Topliss-reactive ketones (excluding diaryl/α,β-unsaturated/α-hetero) is 1. The molecule has 18 heavy (non-hydrogen) atoms. The maximum atomic E-state index is 11.6. The standard InChI is InChI=1S/C16H19NO/c1-2-15-13-17(12-10-16(15)18)11-6-9-14-7-4-3-5-8-14/h3-5,7-8,15H,2,10-13H2,1H3. The van der Waals surface area contributed by atoms with Crippen molar-refractivity contribution in [1.82, 2.24) is 4.90 Å². The highest BCUT2D eigenvalue weighted by Crippen LogP contribution is 2.15. The summed E-state index contributed by atoms with van der Waals surface area (Å²) in [6.45, 7) is 4.58. The highest BCUT2D eigenvalue weighted by atomic mass is 16.1. The molecule has 0 aromatic heterocycles. The van der Waals surface area contributed by atoms with E-state index in [1.807, 2.05) is 30.3 Å². The van der Waals surface area contributed by atoms with Crippen LogP contribution >= 0.6 is 0 Å². The Hall–Kier alpha value is -1.59. The largest absolute Gasteiger partial charge is 0.299 e. The molecule has 1 atom stereocenters. The lowest BCUT2D eigenvalue weighted by Crippen LogP contribution is -2.40. The number of benzene rings is 1. The summed E-state index contributed by atoms with van der Waals surface area (Å²) in [6, 6.07) is 10.0. The van der Waals surface area contributed by atoms with Crippen molar-refractivity contribution in [1.29, 1.82) is 0 Å². The van der Waals surface area contributed by atoms with E-state index in [0.29, 0.717) is 12.2 Å². The third-order valence-electron chi connectivity index (χ3n) is 3.41. The molecule has 1 aliphatic heterocycles. The van der Waals surface area contributed by atoms with Crippen LogP contribution in [0.25, 0.3) is 0 Å². The summed E-state index contributed by atoms with van der Waals surface area (Å²) in [6.07, 6.45) is 1.63. The van der Waals surface area contributed by atoms with E-state index >= 15 is 0 Å². The Labute approximate surface area is 109 Å². The number of carbonyl (C=O) groups excluding carboxylic acids is 1. The van der Waals surface area contributed by atoms with E-state index < -0.39 is 0 Å². The van der Waals surface area contributed by atoms with Crippen molar-refractivity contribution in [2.45, 2.75) is 19.8 Å². The van der Waals surface area contributed by atoms with E-state index in [9.17, 15) is 4.79 Å². The van der Waals surface area contributed by atoms with E-state index in [4.69, 9.17) is 0 Å². The predicted octanol–water partition coefficient (Wildman–Crippen LogP) is 2.34. The van der Waals surface area contributed by atoms with Crippen molar-refractivity contribution in [3.8, 4) is 11.8 Å². The molecular weight excluding hydrogens is 222 g/mol. The van der Waals surface area contributed by atoms with Gasteiger partial charge in [-0.15, -0.1) is 0 Å². The van der Waals surface area contributed by atoms with Crippen LogP contribution in [0, 0.1) is 17.8 Å². The summed E-state index contributed by atoms with van der Waals surface area (Å²) in [5.74, 6) is 7.00. The second kappa shape index (κ2) is 6.37. The van der Waals surface area contributed by atoms with Crippen LogP contribution in [0.1, 0.15) is 25.3 Å². The summed E-state index contributed by atoms with van der Waals surface area (Å²) in [4.78, 5) is 13.9. The Morgan fingerprint density at radius 2 is 2.11 bits per heavy atom. The molecule has 0 spiro atoms. The van der Waals surface area contributed by atoms with Gasteiger partial charge in [0.05, 0.1) is 6.54 Å². The predicted molar refractivity (Wildman–Crippen MR) is 73.2 cm³/mol. The zero-order valence-corrected chi connectivity index (χ0v) is 10.9. The van der Waals surface area contributed by atoms with Crippen LogP contribution in [-0.4, -0.2) is 30.3 Å². The lowest BCUT2D eigenvalue weighted by molar-refractivity contribution is -0.126. The molecule has 2 nitrogen and oxygen atoms in total. The van der Waals surface area contributed by atoms with Gasteiger partial charge in [0.1, 0.15) is 5.78 Å². The van der Waals surface area contributed by atoms with E-state index in [-0.39, 0.29) is 5.92 Å². The summed E-state index contributed by atoms with van der Waals surface area (Å²) >= 11 is 0. The molecule has 1 aromatic rings. The van der Waals surface area contributed by atoms with Gasteiger partial charge >= 0.3 is 0 Å². The Morgan fingerprint density at radius 1 is 1.33 bits per heavy atom. The van der Waals surface area contributed by atoms with Gasteiger partial charge < -0.3 is 0 Å². The highest BCUT2D eigenvalue weighted by molar-refractivity contribution is 5.82. The fraction of sp³-hybridized carbons (Fsp3) is 0.438. The van der Waals surface area contributed by atoms with Crippen molar-refractivity contribution in [3.63, 3.8) is 0 Å². The second-order valence-electron chi connectivity index (χ2n) is 4.72. The van der Waals surface area contributed by atoms with Gasteiger partial charge in [-0.25, -0.2) is 0 Å². The first kappa shape index (κ1) is 12.9. The maximum Gasteiger partial charge on any atom is 0.138 e. The third-order valence-corrected chi connectivity index (χ3v) is 3.41. The molecule has 0 radical (unpaired) electrons. The third kappa shape index (κ3) is 3.45. The number of carbonyl (C=O) groups is 1. The Bertz CT molecular complexity index is 455. The van der Waals surface area contributed by atoms with E-state index in [1.165, 1.54) is 0 Å². The molecular formula is C16H19NO. The minimum atomic E-state index is 0.220. The number of piperidine rings is 1. The van der Waals surface area contributed by atoms with Crippen molar-refractivity contribution in [2.75, 3.05) is 19.6 Å². The first-order valence-corrected chi connectivity index (χ1v) is 6.58. The van der Waals surface area contributed by atoms with Crippen molar-refractivity contribution < 1.29 is 4.79 Å². The van der Waals surface area contributed by atoms with Crippen LogP contribution in [0.2, 0.25) is 0 Å². The quantitative estimate of drug-likeness (QED) is 0.741. The fourth-order valence-electron chi connectivity index (χ4n) is 2.25. The smallest absolute Gasteiger partial charge is 0.138 e. The fourth-order valence-corrected chi connectivity index (χ4v) is 2.25. The molecule has 1 heterocycles. The molecule has 1 unspecified atom stereocenters. The van der Waals surface area contributed by atoms with Crippen molar-refractivity contribution in [2.24, 2.45) is 5.92 Å². The zero-order valence-electron chi connectivity index (χ0n) is 10.9. The topological polar surface area (TPSA) is 20.3 Å². The summed E-state index contributed by atoms with van der Waals surface area (Å²) in [5.41, 5.74) is 1.05. The average Bonchev–Trinajstić information content (AvgIpc) is 2.42. The lowest BCUT2D eigenvalue weighted by Gasteiger charge is -2.29. The Balaban J connectivity index is 1.88. The Morgan fingerprint density at radius 3 is 2.83 bits per heavy atom. The van der Waals surface area contributed by atoms with Crippen LogP contribution in [0.15, 0.2) is 30.3 Å². The average molecular weight is 241 g/mol. The number of nitrogens with zero attached hydrogens (tertiary/aromatic N) is 1. The molecule has 94 valence electrons. The van der Waals surface area contributed by atoms with Crippen LogP contribution in [-0.2, 0) is 4.79 Å². The van der Waals surface area contributed by atoms with Crippen LogP contribution in [0.4, 0.5) is 0 Å². The molecule has 0 bridgehead atoms. The van der Waals surface area contributed by atoms with Gasteiger partial charge in [-0.3, -0.25) is 9.69 Å². The minimum absolute atomic E-state index is 0.220. The van der Waals surface area contributed by atoms with Crippen LogP contribution in [0.3, 0.4) is 0 Å². The molecule has 0 aliphatic carbocycles. The summed E-state index contributed by atoms with van der Waals surface area (Å²) in [7, 11) is 0. The SMILES string of the molecule is CCC1CN(CC#Cc2ccccc2)CCC1=O. The molecule has 2 rings (SSSR count). The van der Waals surface area contributed by atoms with Gasteiger partial charge in [0.25, 0.3) is 0 Å². The molecule has 1 saturated heterocycles. The zero-order chi connectivity index (χ0) is 12.8. The molecule has 1 aliphatic rings. The van der Waals surface area contributed by atoms with Crippen molar-refractivity contribution in [3.05, 3.63) is 35.9 Å². The lowest BCUT2D eigenvalue weighted by atomic mass is 9.94. The molecule has 0 amide bonds. The molecule has 1 fully saturated rings. The van der Waals surface area contributed by atoms with Gasteiger partial charge in [-0.05, 0) is 18.6 Å². The first-order chi connectivity index (χ1) is 8.79. The van der Waals surface area contributed by atoms with Crippen LogP contribution < -0.4 is 0 Å². The second-order valence-corrected chi connectivity index (χ2v) is 4.72. The van der Waals surface area contributed by atoms with Gasteiger partial charge in [-0.1, -0.05) is 37.0 Å². The van der Waals surface area contributed by atoms with Gasteiger partial charge in [0.2, 0.25) is 0 Å².